The number of benzene rings is 1. The molecule has 34 heavy (non-hydrogen) atoms. The number of nitrogens with zero attached hydrogens (tertiary/aromatic N) is 4. The maximum Gasteiger partial charge on any atom is 0.335 e. The number of hydrogen-bond donors (Lipinski definition) is 2. The molecule has 3 aromatic rings. The average molecular weight is 478 g/mol. The fraction of sp³-hybridized carbons (Fsp3) is 0.346. The molecule has 7 nitrogen and oxygen atoms in total. The second kappa shape index (κ2) is 9.95. The van der Waals surface area contributed by atoms with E-state index in [1.54, 1.807) is 12.1 Å². The van der Waals surface area contributed by atoms with E-state index in [2.05, 4.69) is 58.7 Å². The summed E-state index contributed by atoms with van der Waals surface area (Å²) in [5.74, 6) is -0.926. The molecule has 0 radical (unpaired) electrons. The van der Waals surface area contributed by atoms with Crippen LogP contribution in [0.15, 0.2) is 54.7 Å². The maximum absolute atomic E-state index is 11.3. The Morgan fingerprint density at radius 2 is 1.91 bits per heavy atom. The summed E-state index contributed by atoms with van der Waals surface area (Å²) in [7, 11) is 4.16. The smallest absolute Gasteiger partial charge is 0.335 e. The van der Waals surface area contributed by atoms with Crippen molar-refractivity contribution in [2.45, 2.75) is 32.4 Å². The summed E-state index contributed by atoms with van der Waals surface area (Å²) in [6, 6.07) is 15.1. The van der Waals surface area contributed by atoms with Crippen LogP contribution in [-0.2, 0) is 0 Å². The topological polar surface area (TPSA) is 73.6 Å². The molecule has 4 rings (SSSR count). The minimum Gasteiger partial charge on any atom is -0.478 e. The molecule has 1 aliphatic rings. The number of pyridine rings is 1. The summed E-state index contributed by atoms with van der Waals surface area (Å²) >= 11 is 5.80. The van der Waals surface area contributed by atoms with Gasteiger partial charge in [-0.3, -0.25) is 4.98 Å². The monoisotopic (exact) mass is 477 g/mol. The van der Waals surface area contributed by atoms with Gasteiger partial charge < -0.3 is 24.8 Å². The quantitative estimate of drug-likeness (QED) is 0.473. The lowest BCUT2D eigenvalue weighted by Gasteiger charge is -2.28. The maximum atomic E-state index is 11.3. The van der Waals surface area contributed by atoms with Gasteiger partial charge in [0, 0.05) is 29.8 Å². The van der Waals surface area contributed by atoms with Crippen LogP contribution in [-0.4, -0.2) is 62.7 Å². The van der Waals surface area contributed by atoms with Crippen molar-refractivity contribution in [3.8, 4) is 5.69 Å². The third-order valence-electron chi connectivity index (χ3n) is 6.36. The second-order valence-corrected chi connectivity index (χ2v) is 9.38. The predicted octanol–water partition coefficient (Wildman–Crippen LogP) is 4.11. The van der Waals surface area contributed by atoms with Gasteiger partial charge in [-0.1, -0.05) is 6.07 Å². The number of carboxylic acids is 1. The molecule has 0 aliphatic carbocycles. The number of aromatic nitrogens is 2. The van der Waals surface area contributed by atoms with Crippen LogP contribution in [0.1, 0.15) is 51.5 Å². The van der Waals surface area contributed by atoms with Gasteiger partial charge in [0.25, 0.3) is 0 Å². The van der Waals surface area contributed by atoms with E-state index in [0.29, 0.717) is 0 Å². The SMILES string of the molecule is Cc1cc([C@H]2[C@@H](c3ccccn3)NC(=S)N2CCCN(C)C)c(C)n1-c1ccc(C(=O)O)cc1. The summed E-state index contributed by atoms with van der Waals surface area (Å²) in [6.45, 7) is 6.01. The highest BCUT2D eigenvalue weighted by molar-refractivity contribution is 7.80. The minimum atomic E-state index is -0.926. The third kappa shape index (κ3) is 4.69. The molecule has 3 heterocycles. The van der Waals surface area contributed by atoms with Crippen LogP contribution < -0.4 is 5.32 Å². The standard InChI is InChI=1S/C26H31N5O2S/c1-17-16-21(18(2)31(17)20-11-9-19(10-12-20)25(32)33)24-23(22-8-5-6-13-27-22)28-26(34)30(24)15-7-14-29(3)4/h5-6,8-13,16,23-24H,7,14-15H2,1-4H3,(H,28,34)(H,32,33)/t23-,24+/m1/s1. The van der Waals surface area contributed by atoms with E-state index in [0.717, 1.165) is 47.4 Å². The molecule has 1 fully saturated rings. The molecular formula is C26H31N5O2S. The molecular weight excluding hydrogens is 446 g/mol. The van der Waals surface area contributed by atoms with Gasteiger partial charge in [0.15, 0.2) is 5.11 Å². The van der Waals surface area contributed by atoms with Crippen molar-refractivity contribution in [3.63, 3.8) is 0 Å². The molecule has 2 aromatic heterocycles. The fourth-order valence-electron chi connectivity index (χ4n) is 4.78. The van der Waals surface area contributed by atoms with Crippen molar-refractivity contribution in [2.24, 2.45) is 0 Å². The van der Waals surface area contributed by atoms with Crippen LogP contribution in [0.25, 0.3) is 5.69 Å². The number of rotatable bonds is 8. The van der Waals surface area contributed by atoms with Gasteiger partial charge in [-0.2, -0.15) is 0 Å². The molecule has 1 saturated heterocycles. The zero-order valence-corrected chi connectivity index (χ0v) is 20.8. The van der Waals surface area contributed by atoms with Crippen LogP contribution >= 0.6 is 12.2 Å². The van der Waals surface area contributed by atoms with E-state index in [1.807, 2.05) is 36.5 Å². The van der Waals surface area contributed by atoms with E-state index in [-0.39, 0.29) is 17.6 Å². The first-order chi connectivity index (χ1) is 16.3. The van der Waals surface area contributed by atoms with Crippen molar-refractivity contribution in [3.05, 3.63) is 82.9 Å². The molecule has 0 amide bonds. The number of aryl methyl sites for hydroxylation is 1. The van der Waals surface area contributed by atoms with Gasteiger partial charge in [-0.05, 0) is 101 Å². The summed E-state index contributed by atoms with van der Waals surface area (Å²) in [6.07, 6.45) is 2.81. The Hall–Kier alpha value is -3.23. The van der Waals surface area contributed by atoms with Gasteiger partial charge in [0.05, 0.1) is 23.3 Å². The first kappa shape index (κ1) is 23.9. The molecule has 8 heteroatoms. The van der Waals surface area contributed by atoms with Crippen LogP contribution in [0.4, 0.5) is 0 Å². The summed E-state index contributed by atoms with van der Waals surface area (Å²) in [5, 5.41) is 13.5. The van der Waals surface area contributed by atoms with Crippen LogP contribution in [0, 0.1) is 13.8 Å². The Morgan fingerprint density at radius 1 is 1.18 bits per heavy atom. The zero-order chi connectivity index (χ0) is 24.4. The van der Waals surface area contributed by atoms with Crippen molar-refractivity contribution in [1.82, 2.24) is 24.7 Å². The summed E-state index contributed by atoms with van der Waals surface area (Å²) in [5.41, 5.74) is 5.55. The normalized spacial score (nSPS) is 17.9. The first-order valence-corrected chi connectivity index (χ1v) is 11.8. The predicted molar refractivity (Wildman–Crippen MR) is 138 cm³/mol. The largest absolute Gasteiger partial charge is 0.478 e. The molecule has 178 valence electrons. The zero-order valence-electron chi connectivity index (χ0n) is 20.0. The Morgan fingerprint density at radius 3 is 2.53 bits per heavy atom. The number of carboxylic acid groups (broad SMARTS) is 1. The Labute approximate surface area is 206 Å². The van der Waals surface area contributed by atoms with Crippen molar-refractivity contribution in [1.29, 1.82) is 0 Å². The molecule has 0 spiro atoms. The van der Waals surface area contributed by atoms with E-state index in [1.165, 1.54) is 5.56 Å². The third-order valence-corrected chi connectivity index (χ3v) is 6.72. The highest BCUT2D eigenvalue weighted by Gasteiger charge is 2.41. The second-order valence-electron chi connectivity index (χ2n) is 8.99. The van der Waals surface area contributed by atoms with E-state index in [9.17, 15) is 9.90 Å². The molecule has 1 aliphatic heterocycles. The van der Waals surface area contributed by atoms with Gasteiger partial charge in [0.1, 0.15) is 0 Å². The van der Waals surface area contributed by atoms with Crippen LogP contribution in [0.3, 0.4) is 0 Å². The number of hydrogen-bond acceptors (Lipinski definition) is 4. The minimum absolute atomic E-state index is 0.00260. The number of carbonyl (C=O) groups is 1. The molecule has 1 aromatic carbocycles. The number of thiocarbonyl (C=S) groups is 1. The van der Waals surface area contributed by atoms with Crippen molar-refractivity contribution < 1.29 is 9.90 Å². The first-order valence-electron chi connectivity index (χ1n) is 11.4. The Balaban J connectivity index is 1.75. The molecule has 2 atom stereocenters. The highest BCUT2D eigenvalue weighted by Crippen LogP contribution is 2.41. The molecule has 2 N–H and O–H groups in total. The van der Waals surface area contributed by atoms with Crippen molar-refractivity contribution in [2.75, 3.05) is 27.2 Å². The molecule has 0 bridgehead atoms. The Kier molecular flexibility index (Phi) is 7.00. The number of aromatic carboxylic acids is 1. The average Bonchev–Trinajstić information content (AvgIpc) is 3.29. The van der Waals surface area contributed by atoms with Gasteiger partial charge >= 0.3 is 5.97 Å². The lowest BCUT2D eigenvalue weighted by atomic mass is 9.96. The van der Waals surface area contributed by atoms with Crippen LogP contribution in [0.2, 0.25) is 0 Å². The van der Waals surface area contributed by atoms with Crippen molar-refractivity contribution >= 4 is 23.3 Å². The summed E-state index contributed by atoms with van der Waals surface area (Å²) < 4.78 is 2.18. The van der Waals surface area contributed by atoms with Gasteiger partial charge in [-0.25, -0.2) is 4.79 Å². The lowest BCUT2D eigenvalue weighted by molar-refractivity contribution is 0.0697. The lowest BCUT2D eigenvalue weighted by Crippen LogP contribution is -2.32. The molecule has 0 saturated carbocycles. The van der Waals surface area contributed by atoms with E-state index in [4.69, 9.17) is 12.2 Å². The fourth-order valence-corrected chi connectivity index (χ4v) is 5.11. The van der Waals surface area contributed by atoms with Gasteiger partial charge in [-0.15, -0.1) is 0 Å². The Bertz CT molecular complexity index is 1170. The highest BCUT2D eigenvalue weighted by atomic mass is 32.1. The summed E-state index contributed by atoms with van der Waals surface area (Å²) in [4.78, 5) is 20.4. The number of nitrogens with one attached hydrogen (secondary N) is 1. The van der Waals surface area contributed by atoms with E-state index < -0.39 is 5.97 Å². The van der Waals surface area contributed by atoms with Gasteiger partial charge in [0.2, 0.25) is 0 Å². The van der Waals surface area contributed by atoms with E-state index >= 15 is 0 Å². The molecule has 0 unspecified atom stereocenters. The van der Waals surface area contributed by atoms with Crippen LogP contribution in [0.5, 0.6) is 0 Å².